The summed E-state index contributed by atoms with van der Waals surface area (Å²) in [6.07, 6.45) is 5.36. The Morgan fingerprint density at radius 1 is 1.12 bits per heavy atom. The number of pyridine rings is 2. The standard InChI is InChI=1S/C26H32F3N5/c1-5-8-11-34(10-7-3)24-13-21(17-33-23(24)9-6-2)22-12-20(16-32-18(22)4)19(15-30)14-25(31)26(27,28)29/h5,12-17,30-31H,1,6-11H2,2-4H3/b19-14+,30-15?,31-25?. The monoisotopic (exact) mass is 471 g/mol. The second-order valence-corrected chi connectivity index (χ2v) is 8.02. The SMILES string of the molecule is C=CCCN(CCC)c1cc(-c2cc(/C(C=N)=C/C(=N)C(F)(F)F)cnc2C)cnc1CCC. The molecule has 2 rings (SSSR count). The first-order valence-corrected chi connectivity index (χ1v) is 11.4. The van der Waals surface area contributed by atoms with Crippen LogP contribution in [0.4, 0.5) is 18.9 Å². The molecule has 0 unspecified atom stereocenters. The smallest absolute Gasteiger partial charge is 0.370 e. The zero-order valence-electron chi connectivity index (χ0n) is 20.0. The van der Waals surface area contributed by atoms with Gasteiger partial charge >= 0.3 is 6.18 Å². The number of halogens is 3. The van der Waals surface area contributed by atoms with E-state index in [1.807, 2.05) is 13.0 Å². The summed E-state index contributed by atoms with van der Waals surface area (Å²) in [5.41, 5.74) is 3.05. The van der Waals surface area contributed by atoms with E-state index in [4.69, 9.17) is 15.8 Å². The minimum absolute atomic E-state index is 0.0366. The maximum absolute atomic E-state index is 12.9. The van der Waals surface area contributed by atoms with E-state index in [0.717, 1.165) is 67.5 Å². The first kappa shape index (κ1) is 27.0. The maximum Gasteiger partial charge on any atom is 0.432 e. The summed E-state index contributed by atoms with van der Waals surface area (Å²) in [5.74, 6) is 0. The molecule has 0 saturated carbocycles. The van der Waals surface area contributed by atoms with Crippen LogP contribution in [0.1, 0.15) is 50.1 Å². The molecule has 34 heavy (non-hydrogen) atoms. The third-order valence-corrected chi connectivity index (χ3v) is 5.36. The molecule has 0 atom stereocenters. The summed E-state index contributed by atoms with van der Waals surface area (Å²) >= 11 is 0. The van der Waals surface area contributed by atoms with Crippen LogP contribution in [0.3, 0.4) is 0 Å². The fraction of sp³-hybridized carbons (Fsp3) is 0.385. The Hall–Kier alpha value is -3.29. The predicted molar refractivity (Wildman–Crippen MR) is 134 cm³/mol. The van der Waals surface area contributed by atoms with Crippen molar-refractivity contribution in [3.05, 3.63) is 60.2 Å². The molecule has 0 aromatic carbocycles. The van der Waals surface area contributed by atoms with E-state index in [0.29, 0.717) is 17.3 Å². The highest BCUT2D eigenvalue weighted by Crippen LogP contribution is 2.31. The Morgan fingerprint density at radius 2 is 1.85 bits per heavy atom. The Labute approximate surface area is 199 Å². The highest BCUT2D eigenvalue weighted by molar-refractivity contribution is 6.17. The number of alkyl halides is 3. The normalized spacial score (nSPS) is 11.9. The Morgan fingerprint density at radius 3 is 2.44 bits per heavy atom. The molecule has 0 aliphatic heterocycles. The fourth-order valence-corrected chi connectivity index (χ4v) is 3.63. The lowest BCUT2D eigenvalue weighted by Crippen LogP contribution is -2.26. The lowest BCUT2D eigenvalue weighted by atomic mass is 9.99. The lowest BCUT2D eigenvalue weighted by molar-refractivity contribution is -0.0583. The fourth-order valence-electron chi connectivity index (χ4n) is 3.63. The van der Waals surface area contributed by atoms with Gasteiger partial charge in [0.1, 0.15) is 5.71 Å². The third kappa shape index (κ3) is 6.85. The van der Waals surface area contributed by atoms with Gasteiger partial charge < -0.3 is 10.3 Å². The first-order chi connectivity index (χ1) is 16.2. The highest BCUT2D eigenvalue weighted by Gasteiger charge is 2.32. The number of aromatic nitrogens is 2. The molecule has 0 saturated heterocycles. The van der Waals surface area contributed by atoms with Crippen LogP contribution in [-0.4, -0.2) is 41.2 Å². The molecule has 2 aromatic heterocycles. The highest BCUT2D eigenvalue weighted by atomic mass is 19.4. The van der Waals surface area contributed by atoms with Crippen LogP contribution in [0.25, 0.3) is 16.7 Å². The van der Waals surface area contributed by atoms with Gasteiger partial charge in [0.15, 0.2) is 0 Å². The number of allylic oxidation sites excluding steroid dienone is 2. The molecule has 0 spiro atoms. The number of aryl methyl sites for hydroxylation is 2. The number of rotatable bonds is 12. The van der Waals surface area contributed by atoms with Crippen molar-refractivity contribution in [2.75, 3.05) is 18.0 Å². The van der Waals surface area contributed by atoms with Crippen LogP contribution in [-0.2, 0) is 6.42 Å². The Bertz CT molecular complexity index is 1060. The van der Waals surface area contributed by atoms with Crippen LogP contribution in [0.5, 0.6) is 0 Å². The van der Waals surface area contributed by atoms with Crippen LogP contribution in [0.15, 0.2) is 43.3 Å². The second kappa shape index (κ2) is 12.3. The van der Waals surface area contributed by atoms with Crippen molar-refractivity contribution >= 4 is 23.2 Å². The van der Waals surface area contributed by atoms with Crippen LogP contribution in [0.2, 0.25) is 0 Å². The first-order valence-electron chi connectivity index (χ1n) is 11.4. The molecule has 2 aromatic rings. The van der Waals surface area contributed by atoms with E-state index in [1.165, 1.54) is 6.20 Å². The minimum Gasteiger partial charge on any atom is -0.370 e. The van der Waals surface area contributed by atoms with Gasteiger partial charge in [0, 0.05) is 59.7 Å². The van der Waals surface area contributed by atoms with E-state index in [9.17, 15) is 13.2 Å². The summed E-state index contributed by atoms with van der Waals surface area (Å²) in [5, 5.41) is 14.9. The molecule has 0 aliphatic rings. The van der Waals surface area contributed by atoms with Crippen LogP contribution < -0.4 is 4.90 Å². The van der Waals surface area contributed by atoms with Crippen molar-refractivity contribution in [2.45, 2.75) is 52.6 Å². The summed E-state index contributed by atoms with van der Waals surface area (Å²) in [4.78, 5) is 11.4. The minimum atomic E-state index is -4.78. The third-order valence-electron chi connectivity index (χ3n) is 5.36. The van der Waals surface area contributed by atoms with E-state index in [2.05, 4.69) is 36.4 Å². The number of hydrogen-bond acceptors (Lipinski definition) is 5. The second-order valence-electron chi connectivity index (χ2n) is 8.02. The summed E-state index contributed by atoms with van der Waals surface area (Å²) in [6.45, 7) is 11.6. The lowest BCUT2D eigenvalue weighted by Gasteiger charge is -2.26. The summed E-state index contributed by atoms with van der Waals surface area (Å²) < 4.78 is 38.6. The number of hydrogen-bond donors (Lipinski definition) is 2. The molecule has 0 bridgehead atoms. The van der Waals surface area contributed by atoms with E-state index < -0.39 is 11.9 Å². The molecule has 182 valence electrons. The Balaban J connectivity index is 2.60. The topological polar surface area (TPSA) is 76.7 Å². The Kier molecular flexibility index (Phi) is 9.71. The van der Waals surface area contributed by atoms with Crippen LogP contribution in [0, 0.1) is 17.7 Å². The number of nitrogens with one attached hydrogen (secondary N) is 2. The van der Waals surface area contributed by atoms with Crippen molar-refractivity contribution in [3.8, 4) is 11.1 Å². The average molecular weight is 472 g/mol. The van der Waals surface area contributed by atoms with Gasteiger partial charge in [-0.25, -0.2) is 0 Å². The van der Waals surface area contributed by atoms with Gasteiger partial charge in [-0.3, -0.25) is 15.4 Å². The molecule has 0 radical (unpaired) electrons. The quantitative estimate of drug-likeness (QED) is 0.264. The molecular formula is C26H32F3N5. The maximum atomic E-state index is 12.9. The largest absolute Gasteiger partial charge is 0.432 e. The number of anilines is 1. The molecular weight excluding hydrogens is 439 g/mol. The molecule has 2 heterocycles. The van der Waals surface area contributed by atoms with Gasteiger partial charge in [-0.1, -0.05) is 26.3 Å². The molecule has 0 aliphatic carbocycles. The summed E-state index contributed by atoms with van der Waals surface area (Å²) in [6, 6.07) is 3.77. The molecule has 0 amide bonds. The van der Waals surface area contributed by atoms with Gasteiger partial charge in [-0.2, -0.15) is 13.2 Å². The average Bonchev–Trinajstić information content (AvgIpc) is 2.80. The molecule has 2 N–H and O–H groups in total. The van der Waals surface area contributed by atoms with E-state index >= 15 is 0 Å². The van der Waals surface area contributed by atoms with E-state index in [1.54, 1.807) is 12.3 Å². The van der Waals surface area contributed by atoms with Crippen molar-refractivity contribution in [1.82, 2.24) is 9.97 Å². The van der Waals surface area contributed by atoms with Gasteiger partial charge in [0.25, 0.3) is 0 Å². The van der Waals surface area contributed by atoms with Gasteiger partial charge in [0.05, 0.1) is 11.4 Å². The van der Waals surface area contributed by atoms with Gasteiger partial charge in [0.2, 0.25) is 0 Å². The molecule has 5 nitrogen and oxygen atoms in total. The van der Waals surface area contributed by atoms with Crippen LogP contribution >= 0.6 is 0 Å². The van der Waals surface area contributed by atoms with Crippen molar-refractivity contribution in [3.63, 3.8) is 0 Å². The van der Waals surface area contributed by atoms with Gasteiger partial charge in [-0.05, 0) is 44.4 Å². The van der Waals surface area contributed by atoms with Gasteiger partial charge in [-0.15, -0.1) is 6.58 Å². The zero-order chi connectivity index (χ0) is 25.3. The zero-order valence-corrected chi connectivity index (χ0v) is 20.0. The molecule has 0 fully saturated rings. The summed E-state index contributed by atoms with van der Waals surface area (Å²) in [7, 11) is 0. The van der Waals surface area contributed by atoms with Crippen molar-refractivity contribution in [1.29, 1.82) is 10.8 Å². The van der Waals surface area contributed by atoms with Crippen molar-refractivity contribution < 1.29 is 13.2 Å². The van der Waals surface area contributed by atoms with E-state index in [-0.39, 0.29) is 5.57 Å². The van der Waals surface area contributed by atoms with Crippen molar-refractivity contribution in [2.24, 2.45) is 0 Å². The molecule has 8 heteroatoms. The predicted octanol–water partition coefficient (Wildman–Crippen LogP) is 6.81. The number of nitrogens with zero attached hydrogens (tertiary/aromatic N) is 3.